The van der Waals surface area contributed by atoms with E-state index >= 15 is 0 Å². The van der Waals surface area contributed by atoms with Crippen LogP contribution >= 0.6 is 11.6 Å². The Morgan fingerprint density at radius 3 is 2.09 bits per heavy atom. The molecule has 1 saturated heterocycles. The van der Waals surface area contributed by atoms with Crippen LogP contribution in [0.1, 0.15) is 27.2 Å². The van der Waals surface area contributed by atoms with Crippen LogP contribution in [0.3, 0.4) is 0 Å². The van der Waals surface area contributed by atoms with Crippen molar-refractivity contribution in [3.63, 3.8) is 0 Å². The number of alkyl halides is 1. The number of nitrogens with zero attached hydrogens (tertiary/aromatic N) is 1. The number of hydrogen-bond acceptors (Lipinski definition) is 1. The highest BCUT2D eigenvalue weighted by molar-refractivity contribution is 6.21. The van der Waals surface area contributed by atoms with E-state index in [9.17, 15) is 0 Å². The maximum absolute atomic E-state index is 6.07. The Labute approximate surface area is 74.7 Å². The lowest BCUT2D eigenvalue weighted by atomic mass is 9.85. The molecule has 1 rings (SSSR count). The van der Waals surface area contributed by atoms with E-state index in [4.69, 9.17) is 11.6 Å². The van der Waals surface area contributed by atoms with E-state index in [-0.39, 0.29) is 0 Å². The van der Waals surface area contributed by atoms with Crippen molar-refractivity contribution in [2.75, 3.05) is 13.6 Å². The molecule has 2 atom stereocenters. The van der Waals surface area contributed by atoms with E-state index < -0.39 is 0 Å². The fourth-order valence-corrected chi connectivity index (χ4v) is 2.34. The normalized spacial score (nSPS) is 34.6. The average Bonchev–Trinajstić information content (AvgIpc) is 2.08. The fraction of sp³-hybridized carbons (Fsp3) is 1.00. The van der Waals surface area contributed by atoms with Gasteiger partial charge in [0.2, 0.25) is 0 Å². The van der Waals surface area contributed by atoms with Gasteiger partial charge in [0.05, 0.1) is 0 Å². The smallest absolute Gasteiger partial charge is 0.0478 e. The third kappa shape index (κ3) is 2.09. The first-order chi connectivity index (χ1) is 4.91. The first-order valence-corrected chi connectivity index (χ1v) is 4.69. The summed E-state index contributed by atoms with van der Waals surface area (Å²) in [5.41, 5.74) is 0.373. The molecule has 0 N–H and O–H groups in total. The van der Waals surface area contributed by atoms with Gasteiger partial charge in [-0.15, -0.1) is 11.6 Å². The lowest BCUT2D eigenvalue weighted by Crippen LogP contribution is -2.36. The first-order valence-electron chi connectivity index (χ1n) is 4.25. The van der Waals surface area contributed by atoms with Gasteiger partial charge in [-0.2, -0.15) is 0 Å². The number of likely N-dealkylation sites (tertiary alicyclic amines) is 1. The SMILES string of the molecule is CN1CC(Cl)CC1C(C)(C)C. The zero-order valence-electron chi connectivity index (χ0n) is 7.89. The Kier molecular flexibility index (Phi) is 2.50. The van der Waals surface area contributed by atoms with E-state index in [1.807, 2.05) is 0 Å². The molecule has 0 aromatic rings. The van der Waals surface area contributed by atoms with Gasteiger partial charge in [0.1, 0.15) is 0 Å². The van der Waals surface area contributed by atoms with Crippen LogP contribution in [0.2, 0.25) is 0 Å². The Bertz CT molecular complexity index is 139. The average molecular weight is 176 g/mol. The highest BCUT2D eigenvalue weighted by Gasteiger charge is 2.35. The molecular formula is C9H18ClN. The van der Waals surface area contributed by atoms with Crippen LogP contribution in [0.25, 0.3) is 0 Å². The van der Waals surface area contributed by atoms with Gasteiger partial charge in [0.15, 0.2) is 0 Å². The van der Waals surface area contributed by atoms with E-state index in [0.717, 1.165) is 13.0 Å². The molecule has 0 spiro atoms. The zero-order valence-corrected chi connectivity index (χ0v) is 8.65. The van der Waals surface area contributed by atoms with Gasteiger partial charge in [-0.05, 0) is 18.9 Å². The number of hydrogen-bond donors (Lipinski definition) is 0. The van der Waals surface area contributed by atoms with Crippen molar-refractivity contribution >= 4 is 11.6 Å². The minimum Gasteiger partial charge on any atom is -0.301 e. The number of rotatable bonds is 0. The van der Waals surface area contributed by atoms with Crippen molar-refractivity contribution in [1.29, 1.82) is 0 Å². The molecule has 0 aromatic heterocycles. The molecule has 11 heavy (non-hydrogen) atoms. The summed E-state index contributed by atoms with van der Waals surface area (Å²) < 4.78 is 0. The van der Waals surface area contributed by atoms with Crippen molar-refractivity contribution in [2.45, 2.75) is 38.6 Å². The summed E-state index contributed by atoms with van der Waals surface area (Å²) in [6.07, 6.45) is 1.14. The molecule has 1 aliphatic heterocycles. The van der Waals surface area contributed by atoms with Crippen LogP contribution < -0.4 is 0 Å². The Balaban J connectivity index is 2.60. The first kappa shape index (κ1) is 9.34. The standard InChI is InChI=1S/C9H18ClN/c1-9(2,3)8-5-7(10)6-11(8)4/h7-8H,5-6H2,1-4H3. The summed E-state index contributed by atoms with van der Waals surface area (Å²) in [6.45, 7) is 7.89. The predicted octanol–water partition coefficient (Wildman–Crippen LogP) is 2.34. The minimum atomic E-state index is 0.365. The van der Waals surface area contributed by atoms with Gasteiger partial charge in [-0.1, -0.05) is 20.8 Å². The summed E-state index contributed by atoms with van der Waals surface area (Å²) in [5.74, 6) is 0. The van der Waals surface area contributed by atoms with E-state index in [2.05, 4.69) is 32.7 Å². The van der Waals surface area contributed by atoms with Crippen molar-refractivity contribution in [2.24, 2.45) is 5.41 Å². The highest BCUT2D eigenvalue weighted by atomic mass is 35.5. The van der Waals surface area contributed by atoms with Gasteiger partial charge in [0.25, 0.3) is 0 Å². The molecule has 0 radical (unpaired) electrons. The van der Waals surface area contributed by atoms with Crippen molar-refractivity contribution in [3.8, 4) is 0 Å². The van der Waals surface area contributed by atoms with E-state index in [1.165, 1.54) is 0 Å². The lowest BCUT2D eigenvalue weighted by Gasteiger charge is -2.32. The molecule has 0 bridgehead atoms. The molecule has 0 aliphatic carbocycles. The summed E-state index contributed by atoms with van der Waals surface area (Å²) in [4.78, 5) is 2.37. The Hall–Kier alpha value is 0.250. The van der Waals surface area contributed by atoms with Crippen LogP contribution in [-0.2, 0) is 0 Å². The zero-order chi connectivity index (χ0) is 8.65. The van der Waals surface area contributed by atoms with Crippen LogP contribution in [0.4, 0.5) is 0 Å². The third-order valence-corrected chi connectivity index (χ3v) is 2.81. The van der Waals surface area contributed by atoms with E-state index in [0.29, 0.717) is 16.8 Å². The molecule has 1 fully saturated rings. The van der Waals surface area contributed by atoms with Crippen molar-refractivity contribution in [1.82, 2.24) is 4.90 Å². The summed E-state index contributed by atoms with van der Waals surface area (Å²) in [7, 11) is 2.16. The lowest BCUT2D eigenvalue weighted by molar-refractivity contribution is 0.169. The second-order valence-electron chi connectivity index (χ2n) is 4.65. The van der Waals surface area contributed by atoms with Crippen LogP contribution in [0, 0.1) is 5.41 Å². The van der Waals surface area contributed by atoms with Crippen LogP contribution in [-0.4, -0.2) is 29.9 Å². The van der Waals surface area contributed by atoms with E-state index in [1.54, 1.807) is 0 Å². The molecule has 2 heteroatoms. The second-order valence-corrected chi connectivity index (χ2v) is 5.27. The summed E-state index contributed by atoms with van der Waals surface area (Å²) in [6, 6.07) is 0.657. The molecule has 0 aromatic carbocycles. The summed E-state index contributed by atoms with van der Waals surface area (Å²) >= 11 is 6.07. The van der Waals surface area contributed by atoms with Gasteiger partial charge < -0.3 is 4.90 Å². The molecule has 1 aliphatic rings. The topological polar surface area (TPSA) is 3.24 Å². The van der Waals surface area contributed by atoms with Crippen LogP contribution in [0.5, 0.6) is 0 Å². The largest absolute Gasteiger partial charge is 0.301 e. The number of halogens is 1. The molecular weight excluding hydrogens is 158 g/mol. The monoisotopic (exact) mass is 175 g/mol. The summed E-state index contributed by atoms with van der Waals surface area (Å²) in [5, 5.41) is 0.365. The van der Waals surface area contributed by atoms with Crippen molar-refractivity contribution in [3.05, 3.63) is 0 Å². The molecule has 0 amide bonds. The molecule has 66 valence electrons. The minimum absolute atomic E-state index is 0.365. The fourth-order valence-electron chi connectivity index (χ4n) is 1.95. The third-order valence-electron chi connectivity index (χ3n) is 2.50. The van der Waals surface area contributed by atoms with Crippen molar-refractivity contribution < 1.29 is 0 Å². The molecule has 0 saturated carbocycles. The van der Waals surface area contributed by atoms with Crippen LogP contribution in [0.15, 0.2) is 0 Å². The van der Waals surface area contributed by atoms with Gasteiger partial charge in [-0.3, -0.25) is 0 Å². The second kappa shape index (κ2) is 2.95. The van der Waals surface area contributed by atoms with Gasteiger partial charge in [-0.25, -0.2) is 0 Å². The quantitative estimate of drug-likeness (QED) is 0.511. The highest BCUT2D eigenvalue weighted by Crippen LogP contribution is 2.33. The molecule has 1 nitrogen and oxygen atoms in total. The predicted molar refractivity (Wildman–Crippen MR) is 50.1 cm³/mol. The van der Waals surface area contributed by atoms with Gasteiger partial charge in [0, 0.05) is 18.0 Å². The molecule has 1 heterocycles. The maximum Gasteiger partial charge on any atom is 0.0478 e. The Morgan fingerprint density at radius 2 is 1.91 bits per heavy atom. The molecule has 2 unspecified atom stereocenters. The van der Waals surface area contributed by atoms with Gasteiger partial charge >= 0.3 is 0 Å². The Morgan fingerprint density at radius 1 is 1.36 bits per heavy atom. The maximum atomic E-state index is 6.07.